The number of para-hydroxylation sites is 1. The third kappa shape index (κ3) is 5.24. The van der Waals surface area contributed by atoms with Gasteiger partial charge in [0.05, 0.1) is 28.1 Å². The van der Waals surface area contributed by atoms with Crippen LogP contribution in [0.3, 0.4) is 0 Å². The second kappa shape index (κ2) is 9.22. The number of hydrogen-bond donors (Lipinski definition) is 1. The van der Waals surface area contributed by atoms with Crippen LogP contribution in [0.5, 0.6) is 5.75 Å². The Bertz CT molecular complexity index is 1190. The summed E-state index contributed by atoms with van der Waals surface area (Å²) in [6.45, 7) is 0.0263. The molecule has 3 rings (SSSR count). The maximum atomic E-state index is 13.2. The van der Waals surface area contributed by atoms with Crippen LogP contribution < -0.4 is 15.5 Å². The average molecular weight is 454 g/mol. The zero-order valence-electron chi connectivity index (χ0n) is 15.8. The van der Waals surface area contributed by atoms with Gasteiger partial charge in [0.2, 0.25) is 6.29 Å². The van der Waals surface area contributed by atoms with Crippen molar-refractivity contribution in [3.63, 3.8) is 0 Å². The van der Waals surface area contributed by atoms with Crippen LogP contribution in [0.1, 0.15) is 12.0 Å². The molecule has 0 aliphatic rings. The second-order valence-electron chi connectivity index (χ2n) is 6.41. The summed E-state index contributed by atoms with van der Waals surface area (Å²) in [5.74, 6) is -0.982. The summed E-state index contributed by atoms with van der Waals surface area (Å²) in [5, 5.41) is 2.70. The number of hydrogen-bond acceptors (Lipinski definition) is 5. The predicted octanol–water partition coefficient (Wildman–Crippen LogP) is 4.22. The predicted molar refractivity (Wildman–Crippen MR) is 107 cm³/mol. The topological polar surface area (TPSA) is 85.6 Å². The molecule has 1 heterocycles. The lowest BCUT2D eigenvalue weighted by Crippen LogP contribution is -2.26. The first-order chi connectivity index (χ1) is 14.7. The highest BCUT2D eigenvalue weighted by Gasteiger charge is 2.31. The zero-order chi connectivity index (χ0) is 22.6. The molecule has 1 amide bonds. The van der Waals surface area contributed by atoms with Gasteiger partial charge in [0.25, 0.3) is 5.91 Å². The number of benzene rings is 2. The monoisotopic (exact) mass is 453 g/mol. The summed E-state index contributed by atoms with van der Waals surface area (Å²) in [6, 6.07) is 8.57. The number of aldehydes is 1. The Morgan fingerprint density at radius 1 is 1.19 bits per heavy atom. The molecule has 1 N–H and O–H groups in total. The molecule has 0 spiro atoms. The van der Waals surface area contributed by atoms with Crippen molar-refractivity contribution in [1.29, 1.82) is 0 Å². The fourth-order valence-corrected chi connectivity index (χ4v) is 3.02. The van der Waals surface area contributed by atoms with Crippen molar-refractivity contribution in [2.45, 2.75) is 12.6 Å². The van der Waals surface area contributed by atoms with Gasteiger partial charge in [-0.25, -0.2) is 0 Å². The van der Waals surface area contributed by atoms with Crippen LogP contribution in [0.25, 0.3) is 22.3 Å². The fourth-order valence-electron chi connectivity index (χ4n) is 2.80. The van der Waals surface area contributed by atoms with E-state index in [1.54, 1.807) is 6.07 Å². The summed E-state index contributed by atoms with van der Waals surface area (Å²) in [6.07, 6.45) is -4.27. The summed E-state index contributed by atoms with van der Waals surface area (Å²) >= 11 is 6.10. The van der Waals surface area contributed by atoms with E-state index in [0.717, 1.165) is 24.3 Å². The molecule has 0 radical (unpaired) electrons. The van der Waals surface area contributed by atoms with Crippen LogP contribution in [0.2, 0.25) is 5.02 Å². The van der Waals surface area contributed by atoms with Crippen LogP contribution in [0.15, 0.2) is 51.7 Å². The maximum Gasteiger partial charge on any atom is 0.416 e. The standard InChI is InChI=1S/C21H15ClF3NO5/c22-15-4-1-3-13-16(28)10-18(31-20(13)15)14-6-5-12(21(23,24)25)9-17(14)30-8-2-7-26-19(29)11-27/h1,3-6,9-11H,2,7-8H2,(H,26,29). The summed E-state index contributed by atoms with van der Waals surface area (Å²) in [7, 11) is 0. The highest BCUT2D eigenvalue weighted by atomic mass is 35.5. The Morgan fingerprint density at radius 2 is 1.97 bits per heavy atom. The first-order valence-corrected chi connectivity index (χ1v) is 9.38. The van der Waals surface area contributed by atoms with Crippen molar-refractivity contribution in [2.75, 3.05) is 13.2 Å². The van der Waals surface area contributed by atoms with E-state index in [4.69, 9.17) is 20.8 Å². The van der Waals surface area contributed by atoms with Gasteiger partial charge in [0, 0.05) is 12.6 Å². The number of ether oxygens (including phenoxy) is 1. The lowest BCUT2D eigenvalue weighted by Gasteiger charge is -2.15. The molecule has 0 saturated carbocycles. The van der Waals surface area contributed by atoms with Gasteiger partial charge in [0.15, 0.2) is 11.0 Å². The van der Waals surface area contributed by atoms with Gasteiger partial charge in [-0.2, -0.15) is 13.2 Å². The number of amides is 1. The van der Waals surface area contributed by atoms with E-state index >= 15 is 0 Å². The number of alkyl halides is 3. The van der Waals surface area contributed by atoms with Gasteiger partial charge in [-0.05, 0) is 36.8 Å². The Hall–Kier alpha value is -3.33. The van der Waals surface area contributed by atoms with Gasteiger partial charge < -0.3 is 14.5 Å². The van der Waals surface area contributed by atoms with Crippen molar-refractivity contribution >= 4 is 34.8 Å². The molecule has 31 heavy (non-hydrogen) atoms. The van der Waals surface area contributed by atoms with E-state index in [9.17, 15) is 27.6 Å². The number of nitrogens with one attached hydrogen (secondary N) is 1. The Morgan fingerprint density at radius 3 is 2.68 bits per heavy atom. The minimum atomic E-state index is -4.61. The Kier molecular flexibility index (Phi) is 6.65. The van der Waals surface area contributed by atoms with E-state index in [0.29, 0.717) is 0 Å². The van der Waals surface area contributed by atoms with Crippen molar-refractivity contribution in [3.8, 4) is 17.1 Å². The first kappa shape index (κ1) is 22.4. The van der Waals surface area contributed by atoms with Crippen LogP contribution >= 0.6 is 11.6 Å². The quantitative estimate of drug-likeness (QED) is 0.329. The first-order valence-electron chi connectivity index (χ1n) is 9.00. The molecule has 3 aromatic rings. The van der Waals surface area contributed by atoms with Crippen molar-refractivity contribution in [3.05, 3.63) is 63.3 Å². The van der Waals surface area contributed by atoms with E-state index in [-0.39, 0.29) is 58.9 Å². The molecule has 2 aromatic carbocycles. The lowest BCUT2D eigenvalue weighted by atomic mass is 10.1. The Balaban J connectivity index is 1.96. The summed E-state index contributed by atoms with van der Waals surface area (Å²) in [4.78, 5) is 33.6. The molecule has 0 aliphatic heterocycles. The van der Waals surface area contributed by atoms with Crippen molar-refractivity contribution in [2.24, 2.45) is 0 Å². The average Bonchev–Trinajstić information content (AvgIpc) is 2.73. The summed E-state index contributed by atoms with van der Waals surface area (Å²) < 4.78 is 50.7. The molecule has 162 valence electrons. The van der Waals surface area contributed by atoms with Crippen LogP contribution in [-0.2, 0) is 15.8 Å². The zero-order valence-corrected chi connectivity index (χ0v) is 16.5. The number of carbonyl (C=O) groups is 2. The maximum absolute atomic E-state index is 13.2. The number of carbonyl (C=O) groups excluding carboxylic acids is 2. The normalized spacial score (nSPS) is 11.4. The molecule has 0 bridgehead atoms. The number of fused-ring (bicyclic) bond motifs is 1. The fraction of sp³-hybridized carbons (Fsp3) is 0.190. The highest BCUT2D eigenvalue weighted by molar-refractivity contribution is 6.34. The van der Waals surface area contributed by atoms with Gasteiger partial charge in [-0.15, -0.1) is 0 Å². The minimum absolute atomic E-state index is 0.0106. The smallest absolute Gasteiger partial charge is 0.416 e. The molecule has 0 saturated heterocycles. The SMILES string of the molecule is O=CC(=O)NCCCOc1cc(C(F)(F)F)ccc1-c1cc(=O)c2cccc(Cl)c2o1. The molecule has 0 atom stereocenters. The molecule has 0 aliphatic carbocycles. The molecular weight excluding hydrogens is 439 g/mol. The molecule has 0 fully saturated rings. The lowest BCUT2D eigenvalue weighted by molar-refractivity contribution is -0.137. The van der Waals surface area contributed by atoms with E-state index in [2.05, 4.69) is 5.32 Å². The van der Waals surface area contributed by atoms with Crippen LogP contribution in [-0.4, -0.2) is 25.3 Å². The molecular formula is C21H15ClF3NO5. The van der Waals surface area contributed by atoms with Crippen LogP contribution in [0, 0.1) is 0 Å². The molecule has 10 heteroatoms. The van der Waals surface area contributed by atoms with E-state index < -0.39 is 23.1 Å². The molecule has 0 unspecified atom stereocenters. The third-order valence-corrected chi connectivity index (χ3v) is 4.56. The van der Waals surface area contributed by atoms with Gasteiger partial charge in [-0.1, -0.05) is 17.7 Å². The van der Waals surface area contributed by atoms with Gasteiger partial charge in [0.1, 0.15) is 11.5 Å². The van der Waals surface area contributed by atoms with Crippen molar-refractivity contribution in [1.82, 2.24) is 5.32 Å². The molecule has 6 nitrogen and oxygen atoms in total. The van der Waals surface area contributed by atoms with E-state index in [1.165, 1.54) is 12.1 Å². The second-order valence-corrected chi connectivity index (χ2v) is 6.82. The highest BCUT2D eigenvalue weighted by Crippen LogP contribution is 2.38. The minimum Gasteiger partial charge on any atom is -0.493 e. The third-order valence-electron chi connectivity index (χ3n) is 4.27. The molecule has 1 aromatic heterocycles. The Labute approximate surface area is 178 Å². The van der Waals surface area contributed by atoms with E-state index in [1.807, 2.05) is 0 Å². The largest absolute Gasteiger partial charge is 0.493 e. The van der Waals surface area contributed by atoms with Gasteiger partial charge in [-0.3, -0.25) is 14.4 Å². The van der Waals surface area contributed by atoms with Crippen molar-refractivity contribution < 1.29 is 31.9 Å². The number of rotatable bonds is 7. The van der Waals surface area contributed by atoms with Gasteiger partial charge >= 0.3 is 6.18 Å². The summed E-state index contributed by atoms with van der Waals surface area (Å²) in [5.41, 5.74) is -1.12. The van der Waals surface area contributed by atoms with Crippen LogP contribution in [0.4, 0.5) is 13.2 Å². The number of halogens is 4.